The van der Waals surface area contributed by atoms with Crippen LogP contribution in [0.4, 0.5) is 0 Å². The molecule has 0 spiro atoms. The summed E-state index contributed by atoms with van der Waals surface area (Å²) in [6.45, 7) is 0.942. The van der Waals surface area contributed by atoms with Gasteiger partial charge in [0, 0.05) is 26.4 Å². The summed E-state index contributed by atoms with van der Waals surface area (Å²) in [5.74, 6) is -0.663. The standard InChI is InChI=1S/C17H20ClN3O4/c1-24-12-11-20(9-8-16(22)25-2)17(23)14-7-10-21(19-14)15-6-4-3-5-13(15)18/h3-7,10H,8-9,11-12H2,1-2H3. The van der Waals surface area contributed by atoms with E-state index in [9.17, 15) is 9.59 Å². The Balaban J connectivity index is 2.15. The molecule has 134 valence electrons. The third-order valence-electron chi connectivity index (χ3n) is 3.57. The number of hydrogen-bond acceptors (Lipinski definition) is 5. The predicted octanol–water partition coefficient (Wildman–Crippen LogP) is 2.18. The van der Waals surface area contributed by atoms with Crippen molar-refractivity contribution in [3.05, 3.63) is 47.2 Å². The summed E-state index contributed by atoms with van der Waals surface area (Å²) in [5, 5.41) is 4.84. The molecule has 0 unspecified atom stereocenters. The molecule has 0 radical (unpaired) electrons. The zero-order valence-electron chi connectivity index (χ0n) is 14.1. The molecule has 25 heavy (non-hydrogen) atoms. The van der Waals surface area contributed by atoms with Crippen LogP contribution < -0.4 is 0 Å². The van der Waals surface area contributed by atoms with Crippen molar-refractivity contribution in [2.75, 3.05) is 33.9 Å². The number of halogens is 1. The number of ether oxygens (including phenoxy) is 2. The first kappa shape index (κ1) is 19.0. The number of para-hydroxylation sites is 1. The summed E-state index contributed by atoms with van der Waals surface area (Å²) in [7, 11) is 2.87. The molecule has 1 amide bonds. The molecule has 0 aliphatic carbocycles. The van der Waals surface area contributed by atoms with Gasteiger partial charge in [0.15, 0.2) is 5.69 Å². The molecule has 0 fully saturated rings. The van der Waals surface area contributed by atoms with Gasteiger partial charge in [0.25, 0.3) is 5.91 Å². The first-order valence-electron chi connectivity index (χ1n) is 7.72. The number of esters is 1. The van der Waals surface area contributed by atoms with Crippen LogP contribution in [0.15, 0.2) is 36.5 Å². The molecule has 0 saturated carbocycles. The number of rotatable bonds is 8. The lowest BCUT2D eigenvalue weighted by atomic mass is 10.3. The molecule has 0 aliphatic rings. The van der Waals surface area contributed by atoms with Crippen molar-refractivity contribution in [1.82, 2.24) is 14.7 Å². The van der Waals surface area contributed by atoms with E-state index in [1.165, 1.54) is 12.0 Å². The van der Waals surface area contributed by atoms with E-state index in [1.807, 2.05) is 18.2 Å². The van der Waals surface area contributed by atoms with Gasteiger partial charge in [0.2, 0.25) is 0 Å². The Morgan fingerprint density at radius 3 is 2.64 bits per heavy atom. The Morgan fingerprint density at radius 2 is 1.96 bits per heavy atom. The zero-order chi connectivity index (χ0) is 18.2. The molecule has 1 aromatic carbocycles. The number of amides is 1. The average Bonchev–Trinajstić information content (AvgIpc) is 3.11. The molecule has 0 saturated heterocycles. The summed E-state index contributed by atoms with van der Waals surface area (Å²) in [6.07, 6.45) is 1.78. The summed E-state index contributed by atoms with van der Waals surface area (Å²) < 4.78 is 11.2. The highest BCUT2D eigenvalue weighted by Gasteiger charge is 2.20. The normalized spacial score (nSPS) is 10.5. The minimum absolute atomic E-state index is 0.108. The summed E-state index contributed by atoms with van der Waals surface area (Å²) >= 11 is 6.16. The Kier molecular flexibility index (Phi) is 6.97. The number of hydrogen-bond donors (Lipinski definition) is 0. The highest BCUT2D eigenvalue weighted by Crippen LogP contribution is 2.19. The fourth-order valence-corrected chi connectivity index (χ4v) is 2.44. The van der Waals surface area contributed by atoms with Gasteiger partial charge in [0.1, 0.15) is 0 Å². The number of carbonyl (C=O) groups excluding carboxylic acids is 2. The van der Waals surface area contributed by atoms with E-state index in [1.54, 1.807) is 30.1 Å². The molecule has 2 aromatic rings. The number of aromatic nitrogens is 2. The first-order valence-corrected chi connectivity index (χ1v) is 8.10. The second-order valence-corrected chi connectivity index (χ2v) is 5.62. The molecule has 2 rings (SSSR count). The van der Waals surface area contributed by atoms with Crippen molar-refractivity contribution in [1.29, 1.82) is 0 Å². The van der Waals surface area contributed by atoms with Crippen molar-refractivity contribution in [2.45, 2.75) is 6.42 Å². The van der Waals surface area contributed by atoms with E-state index in [0.717, 1.165) is 0 Å². The van der Waals surface area contributed by atoms with Gasteiger partial charge in [-0.25, -0.2) is 4.68 Å². The van der Waals surface area contributed by atoms with Crippen LogP contribution in [0, 0.1) is 0 Å². The van der Waals surface area contributed by atoms with Crippen LogP contribution in [0.3, 0.4) is 0 Å². The first-order chi connectivity index (χ1) is 12.1. The van der Waals surface area contributed by atoms with Crippen LogP contribution in [0.2, 0.25) is 5.02 Å². The van der Waals surface area contributed by atoms with Crippen LogP contribution >= 0.6 is 11.6 Å². The molecular formula is C17H20ClN3O4. The Labute approximate surface area is 151 Å². The van der Waals surface area contributed by atoms with E-state index >= 15 is 0 Å². The Hall–Kier alpha value is -2.38. The highest BCUT2D eigenvalue weighted by atomic mass is 35.5. The number of carbonyl (C=O) groups is 2. The van der Waals surface area contributed by atoms with Crippen LogP contribution in [-0.2, 0) is 14.3 Å². The summed E-state index contributed by atoms with van der Waals surface area (Å²) in [6, 6.07) is 8.83. The van der Waals surface area contributed by atoms with Gasteiger partial charge in [-0.2, -0.15) is 5.10 Å². The third-order valence-corrected chi connectivity index (χ3v) is 3.89. The quantitative estimate of drug-likeness (QED) is 0.670. The van der Waals surface area contributed by atoms with Gasteiger partial charge < -0.3 is 14.4 Å². The van der Waals surface area contributed by atoms with E-state index < -0.39 is 0 Å². The predicted molar refractivity (Wildman–Crippen MR) is 93.0 cm³/mol. The molecule has 8 heteroatoms. The second-order valence-electron chi connectivity index (χ2n) is 5.21. The number of nitrogens with zero attached hydrogens (tertiary/aromatic N) is 3. The van der Waals surface area contributed by atoms with E-state index in [-0.39, 0.29) is 30.5 Å². The fourth-order valence-electron chi connectivity index (χ4n) is 2.22. The highest BCUT2D eigenvalue weighted by molar-refractivity contribution is 6.32. The van der Waals surface area contributed by atoms with Crippen LogP contribution in [-0.4, -0.2) is 60.5 Å². The molecular weight excluding hydrogens is 346 g/mol. The van der Waals surface area contributed by atoms with Crippen molar-refractivity contribution in [3.63, 3.8) is 0 Å². The van der Waals surface area contributed by atoms with E-state index in [2.05, 4.69) is 9.84 Å². The molecule has 7 nitrogen and oxygen atoms in total. The van der Waals surface area contributed by atoms with Crippen molar-refractivity contribution >= 4 is 23.5 Å². The molecule has 0 N–H and O–H groups in total. The van der Waals surface area contributed by atoms with Crippen molar-refractivity contribution < 1.29 is 19.1 Å². The van der Waals surface area contributed by atoms with E-state index in [4.69, 9.17) is 16.3 Å². The summed E-state index contributed by atoms with van der Waals surface area (Å²) in [4.78, 5) is 25.6. The molecule has 0 bridgehead atoms. The molecule has 1 aromatic heterocycles. The van der Waals surface area contributed by atoms with Gasteiger partial charge in [-0.3, -0.25) is 9.59 Å². The van der Waals surface area contributed by atoms with Crippen molar-refractivity contribution in [2.24, 2.45) is 0 Å². The second kappa shape index (κ2) is 9.19. The number of methoxy groups -OCH3 is 2. The van der Waals surface area contributed by atoms with E-state index in [0.29, 0.717) is 23.9 Å². The lowest BCUT2D eigenvalue weighted by Gasteiger charge is -2.20. The largest absolute Gasteiger partial charge is 0.469 e. The van der Waals surface area contributed by atoms with Crippen LogP contribution in [0.5, 0.6) is 0 Å². The minimum Gasteiger partial charge on any atom is -0.469 e. The lowest BCUT2D eigenvalue weighted by Crippen LogP contribution is -2.36. The molecule has 1 heterocycles. The maximum atomic E-state index is 12.7. The van der Waals surface area contributed by atoms with Gasteiger partial charge in [-0.05, 0) is 18.2 Å². The number of benzene rings is 1. The SMILES string of the molecule is COCCN(CCC(=O)OC)C(=O)c1ccn(-c2ccccc2Cl)n1. The molecule has 0 aliphatic heterocycles. The van der Waals surface area contributed by atoms with Gasteiger partial charge in [-0.1, -0.05) is 23.7 Å². The topological polar surface area (TPSA) is 73.7 Å². The third kappa shape index (κ3) is 5.04. The fraction of sp³-hybridized carbons (Fsp3) is 0.353. The monoisotopic (exact) mass is 365 g/mol. The Morgan fingerprint density at radius 1 is 1.20 bits per heavy atom. The van der Waals surface area contributed by atoms with Gasteiger partial charge in [0.05, 0.1) is 30.8 Å². The summed E-state index contributed by atoms with van der Waals surface area (Å²) in [5.41, 5.74) is 0.946. The smallest absolute Gasteiger partial charge is 0.307 e. The maximum absolute atomic E-state index is 12.7. The van der Waals surface area contributed by atoms with Crippen LogP contribution in [0.1, 0.15) is 16.9 Å². The van der Waals surface area contributed by atoms with Gasteiger partial charge in [-0.15, -0.1) is 0 Å². The Bertz CT molecular complexity index is 732. The lowest BCUT2D eigenvalue weighted by molar-refractivity contribution is -0.140. The zero-order valence-corrected chi connectivity index (χ0v) is 14.9. The maximum Gasteiger partial charge on any atom is 0.307 e. The average molecular weight is 366 g/mol. The molecule has 0 atom stereocenters. The van der Waals surface area contributed by atoms with Gasteiger partial charge >= 0.3 is 5.97 Å². The van der Waals surface area contributed by atoms with Crippen LogP contribution in [0.25, 0.3) is 5.69 Å². The van der Waals surface area contributed by atoms with Crippen molar-refractivity contribution in [3.8, 4) is 5.69 Å². The minimum atomic E-state index is -0.378.